The number of unbranched alkanes of at least 4 members (excludes halogenated alkanes) is 1. The van der Waals surface area contributed by atoms with E-state index in [1.54, 1.807) is 12.1 Å². The zero-order valence-electron chi connectivity index (χ0n) is 10.6. The minimum Gasteiger partial charge on any atom is -0.353 e. The van der Waals surface area contributed by atoms with Crippen molar-refractivity contribution in [2.24, 2.45) is 0 Å². The number of fused-ring (bicyclic) bond motifs is 1. The van der Waals surface area contributed by atoms with Crippen LogP contribution in [0.15, 0.2) is 24.3 Å². The SMILES string of the molecule is N#CCCCNC(=O)/C=C1\CCc2cc(F)ccc21. The summed E-state index contributed by atoms with van der Waals surface area (Å²) < 4.78 is 13.1. The smallest absolute Gasteiger partial charge is 0.244 e. The monoisotopic (exact) mass is 258 g/mol. The zero-order chi connectivity index (χ0) is 13.7. The lowest BCUT2D eigenvalue weighted by Crippen LogP contribution is -2.22. The van der Waals surface area contributed by atoms with Gasteiger partial charge in [0, 0.05) is 19.0 Å². The number of nitriles is 1. The van der Waals surface area contributed by atoms with Crippen LogP contribution in [0.2, 0.25) is 0 Å². The van der Waals surface area contributed by atoms with Crippen LogP contribution in [0.1, 0.15) is 30.4 Å². The first-order chi connectivity index (χ1) is 9.20. The third-order valence-corrected chi connectivity index (χ3v) is 3.15. The summed E-state index contributed by atoms with van der Waals surface area (Å²) in [5.74, 6) is -0.383. The van der Waals surface area contributed by atoms with Gasteiger partial charge in [-0.1, -0.05) is 6.07 Å². The molecule has 0 saturated carbocycles. The van der Waals surface area contributed by atoms with Gasteiger partial charge in [0.15, 0.2) is 0 Å². The van der Waals surface area contributed by atoms with Gasteiger partial charge in [-0.05, 0) is 48.1 Å². The summed E-state index contributed by atoms with van der Waals surface area (Å²) in [6, 6.07) is 6.71. The second-order valence-corrected chi connectivity index (χ2v) is 4.52. The number of nitrogens with one attached hydrogen (secondary N) is 1. The van der Waals surface area contributed by atoms with Gasteiger partial charge >= 0.3 is 0 Å². The molecule has 1 N–H and O–H groups in total. The minimum absolute atomic E-state index is 0.148. The Hall–Kier alpha value is -2.15. The molecule has 0 aromatic heterocycles. The van der Waals surface area contributed by atoms with E-state index in [1.165, 1.54) is 12.1 Å². The highest BCUT2D eigenvalue weighted by Gasteiger charge is 2.17. The molecule has 3 nitrogen and oxygen atoms in total. The van der Waals surface area contributed by atoms with Gasteiger partial charge in [0.05, 0.1) is 6.07 Å². The Morgan fingerprint density at radius 2 is 2.32 bits per heavy atom. The number of amides is 1. The number of aryl methyl sites for hydroxylation is 1. The fourth-order valence-corrected chi connectivity index (χ4v) is 2.22. The summed E-state index contributed by atoms with van der Waals surface area (Å²) in [5, 5.41) is 11.1. The Morgan fingerprint density at radius 1 is 1.47 bits per heavy atom. The van der Waals surface area contributed by atoms with Crippen molar-refractivity contribution in [2.75, 3.05) is 6.54 Å². The molecule has 0 aliphatic heterocycles. The molecule has 0 bridgehead atoms. The van der Waals surface area contributed by atoms with E-state index in [2.05, 4.69) is 5.32 Å². The maximum absolute atomic E-state index is 13.1. The van der Waals surface area contributed by atoms with E-state index in [0.29, 0.717) is 19.4 Å². The predicted molar refractivity (Wildman–Crippen MR) is 70.6 cm³/mol. The van der Waals surface area contributed by atoms with Crippen molar-refractivity contribution in [1.82, 2.24) is 5.32 Å². The molecule has 1 amide bonds. The number of rotatable bonds is 4. The Bertz CT molecular complexity index is 558. The predicted octanol–water partition coefficient (Wildman–Crippen LogP) is 2.58. The summed E-state index contributed by atoms with van der Waals surface area (Å²) in [5.41, 5.74) is 2.88. The molecule has 1 aromatic carbocycles. The van der Waals surface area contributed by atoms with Gasteiger partial charge in [-0.25, -0.2) is 4.39 Å². The van der Waals surface area contributed by atoms with Gasteiger partial charge in [-0.3, -0.25) is 4.79 Å². The van der Waals surface area contributed by atoms with E-state index in [1.807, 2.05) is 6.07 Å². The molecule has 19 heavy (non-hydrogen) atoms. The number of nitrogens with zero attached hydrogens (tertiary/aromatic N) is 1. The van der Waals surface area contributed by atoms with E-state index in [9.17, 15) is 9.18 Å². The largest absolute Gasteiger partial charge is 0.353 e. The fraction of sp³-hybridized carbons (Fsp3) is 0.333. The second-order valence-electron chi connectivity index (χ2n) is 4.52. The van der Waals surface area contributed by atoms with Crippen LogP contribution in [-0.4, -0.2) is 12.5 Å². The van der Waals surface area contributed by atoms with Crippen LogP contribution in [0.5, 0.6) is 0 Å². The highest BCUT2D eigenvalue weighted by Crippen LogP contribution is 2.32. The van der Waals surface area contributed by atoms with Crippen molar-refractivity contribution in [3.8, 4) is 6.07 Å². The van der Waals surface area contributed by atoms with Crippen molar-refractivity contribution < 1.29 is 9.18 Å². The summed E-state index contributed by atoms with van der Waals surface area (Å²) in [6.07, 6.45) is 4.23. The van der Waals surface area contributed by atoms with Gasteiger partial charge in [0.2, 0.25) is 5.91 Å². The number of benzene rings is 1. The summed E-state index contributed by atoms with van der Waals surface area (Å²) in [6.45, 7) is 0.506. The van der Waals surface area contributed by atoms with Crippen LogP contribution in [0.4, 0.5) is 4.39 Å². The van der Waals surface area contributed by atoms with Crippen molar-refractivity contribution in [3.63, 3.8) is 0 Å². The zero-order valence-corrected chi connectivity index (χ0v) is 10.6. The lowest BCUT2D eigenvalue weighted by Gasteiger charge is -2.03. The van der Waals surface area contributed by atoms with Crippen LogP contribution in [0.25, 0.3) is 5.57 Å². The standard InChI is InChI=1S/C15H15FN2O/c16-13-5-6-14-11(9-13)3-4-12(14)10-15(19)18-8-2-1-7-17/h5-6,9-10H,1-4,8H2,(H,18,19)/b12-10+. The van der Waals surface area contributed by atoms with Crippen molar-refractivity contribution >= 4 is 11.5 Å². The molecular weight excluding hydrogens is 243 g/mol. The summed E-state index contributed by atoms with van der Waals surface area (Å²) in [7, 11) is 0. The van der Waals surface area contributed by atoms with Gasteiger partial charge in [-0.2, -0.15) is 5.26 Å². The van der Waals surface area contributed by atoms with Crippen molar-refractivity contribution in [3.05, 3.63) is 41.2 Å². The van der Waals surface area contributed by atoms with Gasteiger partial charge in [-0.15, -0.1) is 0 Å². The van der Waals surface area contributed by atoms with Crippen molar-refractivity contribution in [2.45, 2.75) is 25.7 Å². The van der Waals surface area contributed by atoms with Crippen LogP contribution in [-0.2, 0) is 11.2 Å². The molecule has 4 heteroatoms. The number of allylic oxidation sites excluding steroid dienone is 1. The van der Waals surface area contributed by atoms with Gasteiger partial charge in [0.1, 0.15) is 5.82 Å². The van der Waals surface area contributed by atoms with E-state index in [0.717, 1.165) is 29.5 Å². The number of hydrogen-bond acceptors (Lipinski definition) is 2. The van der Waals surface area contributed by atoms with E-state index >= 15 is 0 Å². The first-order valence-electron chi connectivity index (χ1n) is 6.35. The Labute approximate surface area is 111 Å². The quantitative estimate of drug-likeness (QED) is 0.666. The van der Waals surface area contributed by atoms with E-state index in [-0.39, 0.29) is 11.7 Å². The third kappa shape index (κ3) is 3.41. The van der Waals surface area contributed by atoms with Crippen LogP contribution in [0, 0.1) is 17.1 Å². The first kappa shape index (κ1) is 13.3. The molecule has 0 radical (unpaired) electrons. The topological polar surface area (TPSA) is 52.9 Å². The highest BCUT2D eigenvalue weighted by atomic mass is 19.1. The summed E-state index contributed by atoms with van der Waals surface area (Å²) in [4.78, 5) is 11.7. The molecule has 2 rings (SSSR count). The maximum Gasteiger partial charge on any atom is 0.244 e. The lowest BCUT2D eigenvalue weighted by atomic mass is 10.1. The van der Waals surface area contributed by atoms with E-state index in [4.69, 9.17) is 5.26 Å². The molecule has 98 valence electrons. The fourth-order valence-electron chi connectivity index (χ4n) is 2.22. The molecule has 0 heterocycles. The lowest BCUT2D eigenvalue weighted by molar-refractivity contribution is -0.116. The molecule has 0 spiro atoms. The molecule has 1 aromatic rings. The maximum atomic E-state index is 13.1. The first-order valence-corrected chi connectivity index (χ1v) is 6.35. The average Bonchev–Trinajstić information content (AvgIpc) is 2.77. The number of carbonyl (C=O) groups excluding carboxylic acids is 1. The normalized spacial score (nSPS) is 15.1. The van der Waals surface area contributed by atoms with Crippen molar-refractivity contribution in [1.29, 1.82) is 5.26 Å². The van der Waals surface area contributed by atoms with Gasteiger partial charge in [0.25, 0.3) is 0 Å². The molecule has 0 fully saturated rings. The number of carbonyl (C=O) groups is 1. The third-order valence-electron chi connectivity index (χ3n) is 3.15. The molecule has 1 aliphatic rings. The Balaban J connectivity index is 1.99. The number of halogens is 1. The summed E-state index contributed by atoms with van der Waals surface area (Å²) >= 11 is 0. The van der Waals surface area contributed by atoms with Gasteiger partial charge < -0.3 is 5.32 Å². The minimum atomic E-state index is -0.235. The van der Waals surface area contributed by atoms with Crippen LogP contribution < -0.4 is 5.32 Å². The molecular formula is C15H15FN2O. The molecule has 0 atom stereocenters. The molecule has 0 unspecified atom stereocenters. The van der Waals surface area contributed by atoms with Crippen LogP contribution >= 0.6 is 0 Å². The molecule has 0 saturated heterocycles. The van der Waals surface area contributed by atoms with Crippen LogP contribution in [0.3, 0.4) is 0 Å². The second kappa shape index (κ2) is 6.14. The van der Waals surface area contributed by atoms with E-state index < -0.39 is 0 Å². The number of hydrogen-bond donors (Lipinski definition) is 1. The molecule has 1 aliphatic carbocycles. The Kier molecular flexibility index (Phi) is 4.30. The Morgan fingerprint density at radius 3 is 3.11 bits per heavy atom. The highest BCUT2D eigenvalue weighted by molar-refractivity contribution is 5.96. The average molecular weight is 258 g/mol.